The Kier molecular flexibility index (Phi) is 5.77. The van der Waals surface area contributed by atoms with Gasteiger partial charge in [0.1, 0.15) is 12.4 Å². The molecule has 0 atom stereocenters. The van der Waals surface area contributed by atoms with E-state index < -0.39 is 6.03 Å². The first-order chi connectivity index (χ1) is 14.6. The van der Waals surface area contributed by atoms with Crippen LogP contribution in [0, 0.1) is 0 Å². The first-order valence-corrected chi connectivity index (χ1v) is 9.79. The highest BCUT2D eigenvalue weighted by molar-refractivity contribution is 5.84. The Morgan fingerprint density at radius 3 is 2.63 bits per heavy atom. The fourth-order valence-corrected chi connectivity index (χ4v) is 3.29. The summed E-state index contributed by atoms with van der Waals surface area (Å²) < 4.78 is 5.95. The number of benzene rings is 3. The average molecular weight is 401 g/mol. The van der Waals surface area contributed by atoms with Gasteiger partial charge >= 0.3 is 6.03 Å². The number of nitrogens with zero attached hydrogens (tertiary/aromatic N) is 2. The van der Waals surface area contributed by atoms with Gasteiger partial charge in [0.05, 0.1) is 11.2 Å². The number of ether oxygens (including phenoxy) is 1. The minimum atomic E-state index is -0.515. The lowest BCUT2D eigenvalue weighted by Crippen LogP contribution is -2.36. The van der Waals surface area contributed by atoms with E-state index >= 15 is 0 Å². The topological polar surface area (TPSA) is 74.7 Å². The van der Waals surface area contributed by atoms with Crippen molar-refractivity contribution in [1.82, 2.24) is 15.4 Å². The van der Waals surface area contributed by atoms with Crippen LogP contribution in [0.5, 0.6) is 5.75 Å². The third kappa shape index (κ3) is 4.67. The second-order valence-corrected chi connectivity index (χ2v) is 7.13. The van der Waals surface area contributed by atoms with Crippen molar-refractivity contribution in [2.75, 3.05) is 13.6 Å². The molecule has 4 aromatic rings. The number of amides is 2. The van der Waals surface area contributed by atoms with E-state index in [1.165, 1.54) is 7.05 Å². The Labute approximate surface area is 174 Å². The van der Waals surface area contributed by atoms with Gasteiger partial charge in [-0.1, -0.05) is 48.5 Å². The van der Waals surface area contributed by atoms with Crippen LogP contribution in [0.25, 0.3) is 21.7 Å². The van der Waals surface area contributed by atoms with Crippen LogP contribution in [-0.4, -0.2) is 34.9 Å². The van der Waals surface area contributed by atoms with Crippen molar-refractivity contribution in [3.05, 3.63) is 84.1 Å². The first-order valence-electron chi connectivity index (χ1n) is 9.79. The summed E-state index contributed by atoms with van der Waals surface area (Å²) >= 11 is 0. The quantitative estimate of drug-likeness (QED) is 0.367. The zero-order valence-corrected chi connectivity index (χ0v) is 16.7. The van der Waals surface area contributed by atoms with Gasteiger partial charge in [-0.05, 0) is 47.0 Å². The number of fused-ring (bicyclic) bond motifs is 2. The van der Waals surface area contributed by atoms with Gasteiger partial charge in [0.25, 0.3) is 0 Å². The number of carbonyl (C=O) groups is 1. The number of nitrogens with one attached hydrogen (secondary N) is 1. The van der Waals surface area contributed by atoms with Crippen LogP contribution < -0.4 is 10.1 Å². The van der Waals surface area contributed by atoms with Crippen molar-refractivity contribution in [2.45, 2.75) is 13.0 Å². The van der Waals surface area contributed by atoms with Crippen molar-refractivity contribution in [2.24, 2.45) is 0 Å². The molecule has 0 saturated carbocycles. The molecule has 0 aliphatic rings. The van der Waals surface area contributed by atoms with Gasteiger partial charge in [0.2, 0.25) is 0 Å². The normalized spacial score (nSPS) is 10.9. The summed E-state index contributed by atoms with van der Waals surface area (Å²) in [5.74, 6) is 0.795. The monoisotopic (exact) mass is 401 g/mol. The number of hydrogen-bond acceptors (Lipinski definition) is 4. The van der Waals surface area contributed by atoms with Gasteiger partial charge in [-0.3, -0.25) is 5.21 Å². The molecule has 3 aromatic carbocycles. The minimum absolute atomic E-state index is 0.410. The Hall–Kier alpha value is -3.64. The number of rotatable bonds is 6. The van der Waals surface area contributed by atoms with Gasteiger partial charge in [0.15, 0.2) is 0 Å². The van der Waals surface area contributed by atoms with Crippen LogP contribution in [0.3, 0.4) is 0 Å². The Balaban J connectivity index is 1.39. The van der Waals surface area contributed by atoms with Crippen LogP contribution in [0.15, 0.2) is 72.8 Å². The van der Waals surface area contributed by atoms with Crippen molar-refractivity contribution in [3.8, 4) is 5.75 Å². The number of pyridine rings is 1. The molecule has 0 radical (unpaired) electrons. The number of hydrogen-bond donors (Lipinski definition) is 2. The maximum atomic E-state index is 11.4. The first kappa shape index (κ1) is 19.7. The lowest BCUT2D eigenvalue weighted by Gasteiger charge is -2.11. The van der Waals surface area contributed by atoms with Gasteiger partial charge in [-0.2, -0.15) is 0 Å². The molecule has 30 heavy (non-hydrogen) atoms. The largest absolute Gasteiger partial charge is 0.487 e. The third-order valence-corrected chi connectivity index (χ3v) is 4.90. The number of urea groups is 1. The van der Waals surface area contributed by atoms with Crippen LogP contribution in [-0.2, 0) is 13.0 Å². The van der Waals surface area contributed by atoms with Crippen LogP contribution >= 0.6 is 0 Å². The van der Waals surface area contributed by atoms with Gasteiger partial charge in [-0.15, -0.1) is 0 Å². The molecule has 0 bridgehead atoms. The smallest absolute Gasteiger partial charge is 0.340 e. The summed E-state index contributed by atoms with van der Waals surface area (Å²) in [7, 11) is 1.29. The van der Waals surface area contributed by atoms with E-state index in [1.54, 1.807) is 0 Å². The predicted molar refractivity (Wildman–Crippen MR) is 117 cm³/mol. The highest BCUT2D eigenvalue weighted by Gasteiger charge is 2.05. The maximum absolute atomic E-state index is 11.4. The molecule has 0 unspecified atom stereocenters. The van der Waals surface area contributed by atoms with Crippen molar-refractivity contribution in [3.63, 3.8) is 0 Å². The molecular weight excluding hydrogens is 378 g/mol. The molecule has 6 heteroatoms. The standard InChI is InChI=1S/C24H23N3O3/c1-27(29)24(28)25-13-12-17-6-7-20-15-22(11-9-19(20)14-17)30-16-21-10-8-18-4-2-3-5-23(18)26-21/h2-11,14-15,29H,12-13,16H2,1H3,(H,25,28). The lowest BCUT2D eigenvalue weighted by molar-refractivity contribution is -0.0181. The van der Waals surface area contributed by atoms with Crippen molar-refractivity contribution >= 4 is 27.7 Å². The Morgan fingerprint density at radius 1 is 1.00 bits per heavy atom. The Bertz CT molecular complexity index is 1190. The molecule has 0 saturated heterocycles. The molecular formula is C24H23N3O3. The Morgan fingerprint density at radius 2 is 1.77 bits per heavy atom. The lowest BCUT2D eigenvalue weighted by atomic mass is 10.0. The van der Waals surface area contributed by atoms with Crippen LogP contribution in [0.1, 0.15) is 11.3 Å². The molecule has 2 amide bonds. The SMILES string of the molecule is CN(O)C(=O)NCCc1ccc2cc(OCc3ccc4ccccc4n3)ccc2c1. The summed E-state index contributed by atoms with van der Waals surface area (Å²) in [6.45, 7) is 0.864. The predicted octanol–water partition coefficient (Wildman–Crippen LogP) is 4.54. The molecule has 1 heterocycles. The molecule has 1 aromatic heterocycles. The summed E-state index contributed by atoms with van der Waals surface area (Å²) in [5.41, 5.74) is 2.96. The van der Waals surface area contributed by atoms with Gasteiger partial charge in [-0.25, -0.2) is 14.8 Å². The molecule has 152 valence electrons. The average Bonchev–Trinajstić information content (AvgIpc) is 2.77. The van der Waals surface area contributed by atoms with Crippen molar-refractivity contribution in [1.29, 1.82) is 0 Å². The van der Waals surface area contributed by atoms with E-state index in [2.05, 4.69) is 22.4 Å². The zero-order valence-electron chi connectivity index (χ0n) is 16.7. The molecule has 0 aliphatic heterocycles. The summed E-state index contributed by atoms with van der Waals surface area (Å²) in [4.78, 5) is 16.0. The fraction of sp³-hybridized carbons (Fsp3) is 0.167. The van der Waals surface area contributed by atoms with Crippen LogP contribution in [0.4, 0.5) is 4.79 Å². The molecule has 6 nitrogen and oxygen atoms in total. The maximum Gasteiger partial charge on any atom is 0.340 e. The second kappa shape index (κ2) is 8.80. The number of aromatic nitrogens is 1. The summed E-state index contributed by atoms with van der Waals surface area (Å²) in [6.07, 6.45) is 0.682. The van der Waals surface area contributed by atoms with E-state index in [0.717, 1.165) is 38.7 Å². The van der Waals surface area contributed by atoms with E-state index in [4.69, 9.17) is 9.94 Å². The molecule has 0 fully saturated rings. The van der Waals surface area contributed by atoms with Crippen molar-refractivity contribution < 1.29 is 14.7 Å². The number of hydroxylamine groups is 2. The van der Waals surface area contributed by atoms with E-state index in [9.17, 15) is 4.79 Å². The highest BCUT2D eigenvalue weighted by atomic mass is 16.5. The summed E-state index contributed by atoms with van der Waals surface area (Å²) in [5, 5.41) is 15.5. The minimum Gasteiger partial charge on any atom is -0.487 e. The molecule has 2 N–H and O–H groups in total. The van der Waals surface area contributed by atoms with Gasteiger partial charge < -0.3 is 10.1 Å². The zero-order chi connectivity index (χ0) is 20.9. The third-order valence-electron chi connectivity index (χ3n) is 4.90. The number of para-hydroxylation sites is 1. The summed E-state index contributed by atoms with van der Waals surface area (Å²) in [6, 6.07) is 23.7. The molecule has 0 aliphatic carbocycles. The van der Waals surface area contributed by atoms with Gasteiger partial charge in [0, 0.05) is 19.0 Å². The fourth-order valence-electron chi connectivity index (χ4n) is 3.29. The second-order valence-electron chi connectivity index (χ2n) is 7.13. The van der Waals surface area contributed by atoms with E-state index in [1.807, 2.05) is 60.7 Å². The molecule has 4 rings (SSSR count). The van der Waals surface area contributed by atoms with Crippen LogP contribution in [0.2, 0.25) is 0 Å². The van der Waals surface area contributed by atoms with E-state index in [-0.39, 0.29) is 0 Å². The number of carbonyl (C=O) groups excluding carboxylic acids is 1. The molecule has 0 spiro atoms. The highest BCUT2D eigenvalue weighted by Crippen LogP contribution is 2.23. The van der Waals surface area contributed by atoms with E-state index in [0.29, 0.717) is 24.6 Å².